The van der Waals surface area contributed by atoms with Crippen LogP contribution in [0, 0.1) is 11.3 Å². The molecule has 3 rings (SSSR count). The van der Waals surface area contributed by atoms with Gasteiger partial charge in [-0.05, 0) is 24.3 Å². The second-order valence-corrected chi connectivity index (χ2v) is 4.59. The van der Waals surface area contributed by atoms with E-state index in [2.05, 4.69) is 10.3 Å². The molecule has 6 heteroatoms. The van der Waals surface area contributed by atoms with Gasteiger partial charge in [-0.25, -0.2) is 4.68 Å². The zero-order valence-electron chi connectivity index (χ0n) is 11.5. The molecule has 0 unspecified atom stereocenters. The summed E-state index contributed by atoms with van der Waals surface area (Å²) in [7, 11) is 0. The number of nitrogens with two attached hydrogens (primary N) is 1. The van der Waals surface area contributed by atoms with Crippen LogP contribution in [0.25, 0.3) is 16.9 Å². The second-order valence-electron chi connectivity index (χ2n) is 4.59. The highest BCUT2D eigenvalue weighted by molar-refractivity contribution is 5.92. The van der Waals surface area contributed by atoms with Gasteiger partial charge in [0.2, 0.25) is 5.91 Å². The smallest absolute Gasteiger partial charge is 0.248 e. The number of aromatic nitrogens is 3. The quantitative estimate of drug-likeness (QED) is 0.796. The molecule has 0 fully saturated rings. The van der Waals surface area contributed by atoms with Crippen molar-refractivity contribution in [3.05, 3.63) is 65.9 Å². The number of benzene rings is 2. The maximum Gasteiger partial charge on any atom is 0.248 e. The van der Waals surface area contributed by atoms with Crippen LogP contribution < -0.4 is 5.73 Å². The zero-order chi connectivity index (χ0) is 15.5. The summed E-state index contributed by atoms with van der Waals surface area (Å²) in [5.74, 6) is -0.494. The van der Waals surface area contributed by atoms with Gasteiger partial charge in [0.25, 0.3) is 0 Å². The molecule has 0 radical (unpaired) electrons. The van der Waals surface area contributed by atoms with Crippen molar-refractivity contribution in [2.24, 2.45) is 5.73 Å². The average molecular weight is 289 g/mol. The van der Waals surface area contributed by atoms with Gasteiger partial charge in [0, 0.05) is 11.1 Å². The monoisotopic (exact) mass is 289 g/mol. The topological polar surface area (TPSA) is 97.6 Å². The van der Waals surface area contributed by atoms with Gasteiger partial charge in [0.15, 0.2) is 5.69 Å². The minimum atomic E-state index is -0.494. The Morgan fingerprint density at radius 1 is 1.09 bits per heavy atom. The van der Waals surface area contributed by atoms with Crippen LogP contribution in [0.15, 0.2) is 54.6 Å². The maximum atomic E-state index is 11.1. The summed E-state index contributed by atoms with van der Waals surface area (Å²) in [6.45, 7) is 0. The van der Waals surface area contributed by atoms with E-state index in [0.29, 0.717) is 16.9 Å². The van der Waals surface area contributed by atoms with Crippen molar-refractivity contribution in [3.8, 4) is 23.0 Å². The lowest BCUT2D eigenvalue weighted by Gasteiger charge is -2.07. The fourth-order valence-corrected chi connectivity index (χ4v) is 2.16. The molecule has 22 heavy (non-hydrogen) atoms. The highest BCUT2D eigenvalue weighted by atomic mass is 16.1. The summed E-state index contributed by atoms with van der Waals surface area (Å²) in [6.07, 6.45) is 0. The van der Waals surface area contributed by atoms with Gasteiger partial charge < -0.3 is 5.73 Å². The fourth-order valence-electron chi connectivity index (χ4n) is 2.16. The van der Waals surface area contributed by atoms with Gasteiger partial charge in [-0.1, -0.05) is 35.5 Å². The molecule has 2 aromatic carbocycles. The number of hydrogen-bond acceptors (Lipinski definition) is 4. The van der Waals surface area contributed by atoms with Crippen LogP contribution in [0.1, 0.15) is 16.1 Å². The Balaban J connectivity index is 2.14. The van der Waals surface area contributed by atoms with E-state index in [-0.39, 0.29) is 5.69 Å². The van der Waals surface area contributed by atoms with Crippen molar-refractivity contribution < 1.29 is 4.79 Å². The summed E-state index contributed by atoms with van der Waals surface area (Å²) >= 11 is 0. The Kier molecular flexibility index (Phi) is 3.38. The van der Waals surface area contributed by atoms with E-state index >= 15 is 0 Å². The van der Waals surface area contributed by atoms with Crippen LogP contribution in [-0.4, -0.2) is 20.9 Å². The molecular formula is C16H11N5O. The van der Waals surface area contributed by atoms with Crippen LogP contribution in [0.2, 0.25) is 0 Å². The van der Waals surface area contributed by atoms with Gasteiger partial charge in [-0.3, -0.25) is 4.79 Å². The lowest BCUT2D eigenvalue weighted by Crippen LogP contribution is -2.11. The number of rotatable bonds is 3. The number of primary amides is 1. The summed E-state index contributed by atoms with van der Waals surface area (Å²) in [6, 6.07) is 18.1. The predicted octanol–water partition coefficient (Wildman–Crippen LogP) is 1.90. The highest BCUT2D eigenvalue weighted by Crippen LogP contribution is 2.24. The number of amides is 1. The van der Waals surface area contributed by atoms with Crippen LogP contribution in [0.5, 0.6) is 0 Å². The zero-order valence-corrected chi connectivity index (χ0v) is 11.5. The van der Waals surface area contributed by atoms with Crippen LogP contribution in [-0.2, 0) is 0 Å². The first-order chi connectivity index (χ1) is 10.7. The van der Waals surface area contributed by atoms with Crippen molar-refractivity contribution in [2.75, 3.05) is 0 Å². The normalized spacial score (nSPS) is 10.1. The van der Waals surface area contributed by atoms with E-state index in [4.69, 9.17) is 5.73 Å². The molecule has 3 aromatic rings. The highest BCUT2D eigenvalue weighted by Gasteiger charge is 2.16. The number of nitriles is 1. The summed E-state index contributed by atoms with van der Waals surface area (Å²) < 4.78 is 1.57. The molecule has 2 N–H and O–H groups in total. The number of carbonyl (C=O) groups excluding carboxylic acids is 1. The standard InChI is InChI=1S/C16H11N5O/c17-10-14-15(11-4-2-1-3-5-11)21(20-19-14)13-8-6-12(7-9-13)16(18)22/h1-9H,(H2,18,22). The Morgan fingerprint density at radius 2 is 1.77 bits per heavy atom. The van der Waals surface area contributed by atoms with E-state index in [9.17, 15) is 10.1 Å². The number of hydrogen-bond donors (Lipinski definition) is 1. The van der Waals surface area contributed by atoms with Crippen molar-refractivity contribution in [3.63, 3.8) is 0 Å². The van der Waals surface area contributed by atoms with E-state index in [1.165, 1.54) is 0 Å². The van der Waals surface area contributed by atoms with E-state index < -0.39 is 5.91 Å². The van der Waals surface area contributed by atoms with Gasteiger partial charge in [-0.15, -0.1) is 5.10 Å². The Morgan fingerprint density at radius 3 is 2.36 bits per heavy atom. The summed E-state index contributed by atoms with van der Waals surface area (Å²) in [5.41, 5.74) is 8.02. The third kappa shape index (κ3) is 2.31. The molecule has 106 valence electrons. The van der Waals surface area contributed by atoms with Crippen molar-refractivity contribution in [1.29, 1.82) is 5.26 Å². The minimum absolute atomic E-state index is 0.241. The Bertz CT molecular complexity index is 860. The largest absolute Gasteiger partial charge is 0.366 e. The Hall–Kier alpha value is -3.46. The SMILES string of the molecule is N#Cc1nnn(-c2ccc(C(N)=O)cc2)c1-c1ccccc1. The summed E-state index contributed by atoms with van der Waals surface area (Å²) in [5, 5.41) is 17.2. The van der Waals surface area contributed by atoms with E-state index in [0.717, 1.165) is 5.56 Å². The van der Waals surface area contributed by atoms with E-state index in [1.807, 2.05) is 36.4 Å². The molecule has 0 atom stereocenters. The fraction of sp³-hybridized carbons (Fsp3) is 0. The maximum absolute atomic E-state index is 11.1. The third-order valence-corrected chi connectivity index (χ3v) is 3.22. The first-order valence-corrected chi connectivity index (χ1v) is 6.52. The lowest BCUT2D eigenvalue weighted by atomic mass is 10.1. The molecular weight excluding hydrogens is 278 g/mol. The molecule has 0 aliphatic carbocycles. The predicted molar refractivity (Wildman–Crippen MR) is 80.0 cm³/mol. The molecule has 1 heterocycles. The van der Waals surface area contributed by atoms with E-state index in [1.54, 1.807) is 28.9 Å². The first-order valence-electron chi connectivity index (χ1n) is 6.52. The van der Waals surface area contributed by atoms with Gasteiger partial charge in [0.05, 0.1) is 5.69 Å². The van der Waals surface area contributed by atoms with Crippen molar-refractivity contribution >= 4 is 5.91 Å². The minimum Gasteiger partial charge on any atom is -0.366 e. The Labute approximate surface area is 126 Å². The van der Waals surface area contributed by atoms with Gasteiger partial charge in [0.1, 0.15) is 11.8 Å². The van der Waals surface area contributed by atoms with Crippen molar-refractivity contribution in [2.45, 2.75) is 0 Å². The second kappa shape index (κ2) is 5.50. The molecule has 1 aromatic heterocycles. The van der Waals surface area contributed by atoms with Crippen molar-refractivity contribution in [1.82, 2.24) is 15.0 Å². The van der Waals surface area contributed by atoms with Gasteiger partial charge in [-0.2, -0.15) is 5.26 Å². The number of carbonyl (C=O) groups is 1. The summed E-state index contributed by atoms with van der Waals surface area (Å²) in [4.78, 5) is 11.1. The molecule has 0 saturated carbocycles. The third-order valence-electron chi connectivity index (χ3n) is 3.22. The lowest BCUT2D eigenvalue weighted by molar-refractivity contribution is 0.100. The molecule has 0 aliphatic rings. The molecule has 0 bridgehead atoms. The molecule has 0 saturated heterocycles. The molecule has 0 aliphatic heterocycles. The van der Waals surface area contributed by atoms with Crippen LogP contribution in [0.3, 0.4) is 0 Å². The molecule has 0 spiro atoms. The average Bonchev–Trinajstić information content (AvgIpc) is 2.99. The van der Waals surface area contributed by atoms with Crippen LogP contribution in [0.4, 0.5) is 0 Å². The van der Waals surface area contributed by atoms with Gasteiger partial charge >= 0.3 is 0 Å². The molecule has 6 nitrogen and oxygen atoms in total. The molecule has 1 amide bonds. The first kappa shape index (κ1) is 13.5. The van der Waals surface area contributed by atoms with Crippen LogP contribution >= 0.6 is 0 Å². The number of nitrogens with zero attached hydrogens (tertiary/aromatic N) is 4.